The van der Waals surface area contributed by atoms with Crippen molar-refractivity contribution in [2.75, 3.05) is 13.1 Å². The molecule has 0 fully saturated rings. The lowest BCUT2D eigenvalue weighted by Gasteiger charge is -2.12. The third kappa shape index (κ3) is 6.23. The second kappa shape index (κ2) is 8.63. The van der Waals surface area contributed by atoms with Crippen molar-refractivity contribution in [2.45, 2.75) is 59.0 Å². The minimum atomic E-state index is 0.624. The van der Waals surface area contributed by atoms with Gasteiger partial charge in [-0.3, -0.25) is 0 Å². The molecular weight excluding hydrogens is 266 g/mol. The summed E-state index contributed by atoms with van der Waals surface area (Å²) in [6.07, 6.45) is 1.02. The van der Waals surface area contributed by atoms with Crippen LogP contribution in [0.25, 0.3) is 0 Å². The molecule has 0 aliphatic carbocycles. The van der Waals surface area contributed by atoms with Crippen molar-refractivity contribution in [1.29, 1.82) is 0 Å². The van der Waals surface area contributed by atoms with Crippen molar-refractivity contribution in [3.05, 3.63) is 22.8 Å². The van der Waals surface area contributed by atoms with Crippen LogP contribution < -0.4 is 5.32 Å². The number of rotatable bonds is 8. The summed E-state index contributed by atoms with van der Waals surface area (Å²) >= 11 is 1.89. The van der Waals surface area contributed by atoms with Crippen molar-refractivity contribution in [3.8, 4) is 0 Å². The normalized spacial score (nSPS) is 11.6. The lowest BCUT2D eigenvalue weighted by atomic mass is 10.1. The predicted molar refractivity (Wildman–Crippen MR) is 89.3 cm³/mol. The van der Waals surface area contributed by atoms with E-state index in [1.807, 2.05) is 11.8 Å². The zero-order chi connectivity index (χ0) is 15.1. The fraction of sp³-hybridized carbons (Fsp3) is 0.750. The summed E-state index contributed by atoms with van der Waals surface area (Å²) in [7, 11) is 0. The van der Waals surface area contributed by atoms with Crippen molar-refractivity contribution < 1.29 is 0 Å². The van der Waals surface area contributed by atoms with Gasteiger partial charge in [-0.05, 0) is 50.1 Å². The first-order valence-electron chi connectivity index (χ1n) is 7.55. The van der Waals surface area contributed by atoms with Crippen LogP contribution in [0.1, 0.15) is 50.5 Å². The van der Waals surface area contributed by atoms with E-state index in [4.69, 9.17) is 0 Å². The van der Waals surface area contributed by atoms with Crippen LogP contribution in [0, 0.1) is 19.8 Å². The summed E-state index contributed by atoms with van der Waals surface area (Å²) in [5.41, 5.74) is 3.59. The summed E-state index contributed by atoms with van der Waals surface area (Å²) < 4.78 is 0. The second-order valence-electron chi connectivity index (χ2n) is 6.00. The van der Waals surface area contributed by atoms with Gasteiger partial charge in [0, 0.05) is 11.4 Å². The van der Waals surface area contributed by atoms with E-state index in [1.54, 1.807) is 0 Å². The molecule has 0 aromatic carbocycles. The van der Waals surface area contributed by atoms with E-state index >= 15 is 0 Å². The molecular formula is C16H29N3S. The van der Waals surface area contributed by atoms with Crippen LogP contribution in [-0.4, -0.2) is 28.3 Å². The molecule has 1 aromatic rings. The Balaban J connectivity index is 2.59. The maximum absolute atomic E-state index is 4.66. The van der Waals surface area contributed by atoms with Gasteiger partial charge in [-0.25, -0.2) is 9.97 Å². The average Bonchev–Trinajstić information content (AvgIpc) is 2.34. The maximum atomic E-state index is 4.66. The van der Waals surface area contributed by atoms with Gasteiger partial charge in [-0.1, -0.05) is 27.7 Å². The van der Waals surface area contributed by atoms with E-state index in [0.717, 1.165) is 42.5 Å². The summed E-state index contributed by atoms with van der Waals surface area (Å²) in [5, 5.41) is 4.11. The number of aromatic nitrogens is 2. The second-order valence-corrected chi connectivity index (χ2v) is 7.56. The van der Waals surface area contributed by atoms with E-state index in [9.17, 15) is 0 Å². The van der Waals surface area contributed by atoms with Crippen LogP contribution >= 0.6 is 11.8 Å². The van der Waals surface area contributed by atoms with Crippen LogP contribution in [0.5, 0.6) is 0 Å². The molecule has 0 saturated heterocycles. The molecule has 0 aliphatic heterocycles. The molecule has 1 N–H and O–H groups in total. The fourth-order valence-corrected chi connectivity index (χ4v) is 2.69. The molecule has 0 aliphatic rings. The number of hydrogen-bond acceptors (Lipinski definition) is 4. The van der Waals surface area contributed by atoms with Crippen molar-refractivity contribution in [1.82, 2.24) is 15.3 Å². The van der Waals surface area contributed by atoms with Crippen LogP contribution in [-0.2, 0) is 12.2 Å². The van der Waals surface area contributed by atoms with Gasteiger partial charge >= 0.3 is 0 Å². The maximum Gasteiger partial charge on any atom is 0.138 e. The molecule has 0 spiro atoms. The molecule has 0 bridgehead atoms. The fourth-order valence-electron chi connectivity index (χ4n) is 2.08. The molecule has 3 nitrogen and oxygen atoms in total. The van der Waals surface area contributed by atoms with Crippen molar-refractivity contribution >= 4 is 11.8 Å². The molecule has 0 atom stereocenters. The lowest BCUT2D eigenvalue weighted by Crippen LogP contribution is -2.23. The monoisotopic (exact) mass is 295 g/mol. The van der Waals surface area contributed by atoms with Gasteiger partial charge in [-0.2, -0.15) is 11.8 Å². The molecule has 0 amide bonds. The van der Waals surface area contributed by atoms with Gasteiger partial charge < -0.3 is 5.32 Å². The Morgan fingerprint density at radius 2 is 1.65 bits per heavy atom. The number of nitrogens with zero attached hydrogens (tertiary/aromatic N) is 2. The SMILES string of the molecule is Cc1nc(CSC(C)C)nc(C)c1CCNCC(C)C. The molecule has 1 aromatic heterocycles. The average molecular weight is 295 g/mol. The largest absolute Gasteiger partial charge is 0.316 e. The smallest absolute Gasteiger partial charge is 0.138 e. The lowest BCUT2D eigenvalue weighted by molar-refractivity contribution is 0.553. The van der Waals surface area contributed by atoms with Gasteiger partial charge in [0.1, 0.15) is 5.82 Å². The molecule has 0 unspecified atom stereocenters. The van der Waals surface area contributed by atoms with Gasteiger partial charge in [0.05, 0.1) is 5.75 Å². The number of aryl methyl sites for hydroxylation is 2. The van der Waals surface area contributed by atoms with E-state index < -0.39 is 0 Å². The Morgan fingerprint density at radius 3 is 2.15 bits per heavy atom. The molecule has 1 heterocycles. The van der Waals surface area contributed by atoms with Gasteiger partial charge in [0.2, 0.25) is 0 Å². The van der Waals surface area contributed by atoms with Gasteiger partial charge in [0.15, 0.2) is 0 Å². The first kappa shape index (κ1) is 17.4. The van der Waals surface area contributed by atoms with Gasteiger partial charge in [-0.15, -0.1) is 0 Å². The minimum absolute atomic E-state index is 0.624. The summed E-state index contributed by atoms with van der Waals surface area (Å²) in [6.45, 7) is 15.2. The van der Waals surface area contributed by atoms with Crippen LogP contribution in [0.15, 0.2) is 0 Å². The summed E-state index contributed by atoms with van der Waals surface area (Å²) in [6, 6.07) is 0. The van der Waals surface area contributed by atoms with Crippen LogP contribution in [0.2, 0.25) is 0 Å². The molecule has 0 radical (unpaired) electrons. The topological polar surface area (TPSA) is 37.8 Å². The Kier molecular flexibility index (Phi) is 7.52. The van der Waals surface area contributed by atoms with Crippen LogP contribution in [0.4, 0.5) is 0 Å². The van der Waals surface area contributed by atoms with E-state index in [2.05, 4.69) is 56.8 Å². The van der Waals surface area contributed by atoms with Crippen LogP contribution in [0.3, 0.4) is 0 Å². The Morgan fingerprint density at radius 1 is 1.05 bits per heavy atom. The summed E-state index contributed by atoms with van der Waals surface area (Å²) in [5.74, 6) is 2.58. The summed E-state index contributed by atoms with van der Waals surface area (Å²) in [4.78, 5) is 9.32. The number of thioether (sulfide) groups is 1. The highest BCUT2D eigenvalue weighted by molar-refractivity contribution is 7.99. The quantitative estimate of drug-likeness (QED) is 0.745. The Bertz CT molecular complexity index is 393. The molecule has 0 saturated carbocycles. The van der Waals surface area contributed by atoms with E-state index in [1.165, 1.54) is 5.56 Å². The molecule has 114 valence electrons. The zero-order valence-electron chi connectivity index (χ0n) is 13.8. The highest BCUT2D eigenvalue weighted by atomic mass is 32.2. The molecule has 4 heteroatoms. The predicted octanol–water partition coefficient (Wildman–Crippen LogP) is 3.52. The number of nitrogens with one attached hydrogen (secondary N) is 1. The van der Waals surface area contributed by atoms with E-state index in [-0.39, 0.29) is 0 Å². The third-order valence-electron chi connectivity index (χ3n) is 3.12. The Labute approximate surface area is 128 Å². The molecule has 1 rings (SSSR count). The first-order chi connectivity index (χ1) is 9.40. The van der Waals surface area contributed by atoms with Gasteiger partial charge in [0.25, 0.3) is 0 Å². The minimum Gasteiger partial charge on any atom is -0.316 e. The third-order valence-corrected chi connectivity index (χ3v) is 4.21. The van der Waals surface area contributed by atoms with Crippen molar-refractivity contribution in [2.24, 2.45) is 5.92 Å². The van der Waals surface area contributed by atoms with Crippen molar-refractivity contribution in [3.63, 3.8) is 0 Å². The first-order valence-corrected chi connectivity index (χ1v) is 8.60. The molecule has 20 heavy (non-hydrogen) atoms. The zero-order valence-corrected chi connectivity index (χ0v) is 14.6. The Hall–Kier alpha value is -0.610. The van der Waals surface area contributed by atoms with E-state index in [0.29, 0.717) is 11.2 Å². The number of hydrogen-bond donors (Lipinski definition) is 1. The highest BCUT2D eigenvalue weighted by Crippen LogP contribution is 2.17. The standard InChI is InChI=1S/C16H29N3S/c1-11(2)9-17-8-7-15-13(5)18-16(19-14(15)6)10-20-12(3)4/h11-12,17H,7-10H2,1-6H3. The highest BCUT2D eigenvalue weighted by Gasteiger charge is 2.09.